The summed E-state index contributed by atoms with van der Waals surface area (Å²) >= 11 is 1.36. The molecule has 2 saturated carbocycles. The SMILES string of the molecule is CC1(C)CC1NC(=O)c1sc(NC2CCC2)nc1N. The molecule has 0 radical (unpaired) electrons. The van der Waals surface area contributed by atoms with Gasteiger partial charge in [-0.1, -0.05) is 25.2 Å². The van der Waals surface area contributed by atoms with Crippen molar-refractivity contribution in [3.05, 3.63) is 4.88 Å². The minimum Gasteiger partial charge on any atom is -0.382 e. The maximum absolute atomic E-state index is 12.1. The highest BCUT2D eigenvalue weighted by Crippen LogP contribution is 2.45. The van der Waals surface area contributed by atoms with Crippen molar-refractivity contribution in [1.29, 1.82) is 0 Å². The summed E-state index contributed by atoms with van der Waals surface area (Å²) in [5.74, 6) is 0.245. The Morgan fingerprint density at radius 2 is 2.16 bits per heavy atom. The number of nitrogens with two attached hydrogens (primary N) is 1. The van der Waals surface area contributed by atoms with Crippen LogP contribution in [0.4, 0.5) is 10.9 Å². The topological polar surface area (TPSA) is 80.0 Å². The number of thiazole rings is 1. The fourth-order valence-electron chi connectivity index (χ4n) is 2.22. The normalized spacial score (nSPS) is 24.6. The van der Waals surface area contributed by atoms with Crippen LogP contribution in [-0.4, -0.2) is 23.0 Å². The number of carbonyl (C=O) groups is 1. The summed E-state index contributed by atoms with van der Waals surface area (Å²) in [6.45, 7) is 4.30. The first-order valence-electron chi connectivity index (χ1n) is 6.79. The molecule has 6 heteroatoms. The van der Waals surface area contributed by atoms with E-state index >= 15 is 0 Å². The molecule has 1 amide bonds. The van der Waals surface area contributed by atoms with Crippen LogP contribution >= 0.6 is 11.3 Å². The molecule has 0 saturated heterocycles. The summed E-state index contributed by atoms with van der Waals surface area (Å²) in [6, 6.07) is 0.772. The van der Waals surface area contributed by atoms with Gasteiger partial charge in [-0.3, -0.25) is 4.79 Å². The van der Waals surface area contributed by atoms with Gasteiger partial charge in [-0.05, 0) is 31.1 Å². The second kappa shape index (κ2) is 4.37. The third-order valence-electron chi connectivity index (χ3n) is 4.11. The van der Waals surface area contributed by atoms with E-state index in [1.165, 1.54) is 30.6 Å². The monoisotopic (exact) mass is 280 g/mol. The van der Waals surface area contributed by atoms with Crippen LogP contribution in [0.5, 0.6) is 0 Å². The van der Waals surface area contributed by atoms with Crippen molar-refractivity contribution >= 4 is 28.2 Å². The van der Waals surface area contributed by atoms with E-state index in [-0.39, 0.29) is 17.4 Å². The molecule has 104 valence electrons. The van der Waals surface area contributed by atoms with Crippen LogP contribution in [0, 0.1) is 5.41 Å². The van der Waals surface area contributed by atoms with Gasteiger partial charge in [0.15, 0.2) is 5.13 Å². The third kappa shape index (κ3) is 2.54. The second-order valence-corrected chi connectivity index (χ2v) is 7.22. The van der Waals surface area contributed by atoms with Crippen LogP contribution in [0.3, 0.4) is 0 Å². The summed E-state index contributed by atoms with van der Waals surface area (Å²) < 4.78 is 0. The van der Waals surface area contributed by atoms with E-state index in [1.807, 2.05) is 0 Å². The number of anilines is 2. The molecule has 19 heavy (non-hydrogen) atoms. The molecular weight excluding hydrogens is 260 g/mol. The van der Waals surface area contributed by atoms with E-state index in [4.69, 9.17) is 5.73 Å². The Kier molecular flexibility index (Phi) is 2.92. The van der Waals surface area contributed by atoms with Crippen LogP contribution in [0.1, 0.15) is 49.2 Å². The van der Waals surface area contributed by atoms with E-state index in [9.17, 15) is 4.79 Å². The van der Waals surface area contributed by atoms with Crippen molar-refractivity contribution in [2.75, 3.05) is 11.1 Å². The highest BCUT2D eigenvalue weighted by atomic mass is 32.1. The molecule has 0 aromatic carbocycles. The van der Waals surface area contributed by atoms with Crippen molar-refractivity contribution < 1.29 is 4.79 Å². The van der Waals surface area contributed by atoms with Crippen molar-refractivity contribution in [1.82, 2.24) is 10.3 Å². The van der Waals surface area contributed by atoms with Gasteiger partial charge in [-0.2, -0.15) is 0 Å². The highest BCUT2D eigenvalue weighted by molar-refractivity contribution is 7.18. The zero-order chi connectivity index (χ0) is 13.6. The molecule has 5 nitrogen and oxygen atoms in total. The quantitative estimate of drug-likeness (QED) is 0.790. The zero-order valence-corrected chi connectivity index (χ0v) is 12.1. The maximum Gasteiger partial charge on any atom is 0.265 e. The van der Waals surface area contributed by atoms with Gasteiger partial charge in [-0.15, -0.1) is 0 Å². The van der Waals surface area contributed by atoms with Gasteiger partial charge in [0.25, 0.3) is 5.91 Å². The largest absolute Gasteiger partial charge is 0.382 e. The summed E-state index contributed by atoms with van der Waals surface area (Å²) in [6.07, 6.45) is 4.65. The van der Waals surface area contributed by atoms with Gasteiger partial charge in [0.05, 0.1) is 0 Å². The molecule has 1 aromatic rings. The average Bonchev–Trinajstić information content (AvgIpc) is 2.68. The van der Waals surface area contributed by atoms with Crippen LogP contribution in [0.15, 0.2) is 0 Å². The average molecular weight is 280 g/mol. The lowest BCUT2D eigenvalue weighted by Gasteiger charge is -2.25. The van der Waals surface area contributed by atoms with E-state index in [1.54, 1.807) is 0 Å². The van der Waals surface area contributed by atoms with Crippen molar-refractivity contribution in [3.8, 4) is 0 Å². The Bertz CT molecular complexity index is 507. The van der Waals surface area contributed by atoms with Gasteiger partial charge in [0.1, 0.15) is 10.7 Å². The molecule has 1 aromatic heterocycles. The Morgan fingerprint density at radius 1 is 1.47 bits per heavy atom. The Morgan fingerprint density at radius 3 is 2.68 bits per heavy atom. The van der Waals surface area contributed by atoms with Crippen molar-refractivity contribution in [3.63, 3.8) is 0 Å². The van der Waals surface area contributed by atoms with Gasteiger partial charge in [0, 0.05) is 12.1 Å². The molecule has 0 spiro atoms. The molecule has 0 aliphatic heterocycles. The second-order valence-electron chi connectivity index (χ2n) is 6.22. The first-order valence-corrected chi connectivity index (χ1v) is 7.61. The lowest BCUT2D eigenvalue weighted by Crippen LogP contribution is -2.28. The number of aromatic nitrogens is 1. The van der Waals surface area contributed by atoms with Gasteiger partial charge in [0.2, 0.25) is 0 Å². The standard InChI is InChI=1S/C13H20N4OS/c1-13(2)6-8(13)16-11(18)9-10(14)17-12(19-9)15-7-4-3-5-7/h7-8H,3-6,14H2,1-2H3,(H,15,17)(H,16,18). The smallest absolute Gasteiger partial charge is 0.265 e. The molecule has 2 aliphatic carbocycles. The Labute approximate surface area is 117 Å². The molecule has 2 aliphatic rings. The molecule has 0 bridgehead atoms. The van der Waals surface area contributed by atoms with E-state index in [0.29, 0.717) is 16.7 Å². The predicted molar refractivity (Wildman–Crippen MR) is 77.4 cm³/mol. The molecular formula is C13H20N4OS. The summed E-state index contributed by atoms with van der Waals surface area (Å²) in [7, 11) is 0. The highest BCUT2D eigenvalue weighted by Gasteiger charge is 2.46. The van der Waals surface area contributed by atoms with Crippen LogP contribution in [-0.2, 0) is 0 Å². The number of amides is 1. The number of nitrogens with one attached hydrogen (secondary N) is 2. The lowest BCUT2D eigenvalue weighted by atomic mass is 9.93. The van der Waals surface area contributed by atoms with Gasteiger partial charge in [-0.25, -0.2) is 4.98 Å². The fourth-order valence-corrected chi connectivity index (χ4v) is 3.09. The number of nitrogen functional groups attached to an aromatic ring is 1. The van der Waals surface area contributed by atoms with Crippen molar-refractivity contribution in [2.24, 2.45) is 5.41 Å². The Balaban J connectivity index is 1.64. The molecule has 3 rings (SSSR count). The van der Waals surface area contributed by atoms with E-state index in [2.05, 4.69) is 29.5 Å². The number of nitrogens with zero attached hydrogens (tertiary/aromatic N) is 1. The molecule has 1 atom stereocenters. The van der Waals surface area contributed by atoms with Crippen LogP contribution in [0.2, 0.25) is 0 Å². The van der Waals surface area contributed by atoms with Crippen LogP contribution < -0.4 is 16.4 Å². The molecule has 1 heterocycles. The third-order valence-corrected chi connectivity index (χ3v) is 5.11. The maximum atomic E-state index is 12.1. The first-order chi connectivity index (χ1) is 8.95. The van der Waals surface area contributed by atoms with E-state index in [0.717, 1.165) is 11.6 Å². The molecule has 2 fully saturated rings. The number of hydrogen-bond acceptors (Lipinski definition) is 5. The minimum absolute atomic E-state index is 0.0905. The number of rotatable bonds is 4. The van der Waals surface area contributed by atoms with Gasteiger partial charge >= 0.3 is 0 Å². The lowest BCUT2D eigenvalue weighted by molar-refractivity contribution is 0.0951. The number of carbonyl (C=O) groups excluding carboxylic acids is 1. The molecule has 1 unspecified atom stereocenters. The minimum atomic E-state index is -0.0905. The predicted octanol–water partition coefficient (Wildman–Crippen LogP) is 2.22. The van der Waals surface area contributed by atoms with Crippen molar-refractivity contribution in [2.45, 2.75) is 51.6 Å². The molecule has 4 N–H and O–H groups in total. The summed E-state index contributed by atoms with van der Waals surface area (Å²) in [5, 5.41) is 7.11. The first kappa shape index (κ1) is 12.7. The van der Waals surface area contributed by atoms with Gasteiger partial charge < -0.3 is 16.4 Å². The Hall–Kier alpha value is -1.30. The fraction of sp³-hybridized carbons (Fsp3) is 0.692. The summed E-state index contributed by atoms with van der Waals surface area (Å²) in [5.41, 5.74) is 6.06. The zero-order valence-electron chi connectivity index (χ0n) is 11.3. The van der Waals surface area contributed by atoms with Crippen LogP contribution in [0.25, 0.3) is 0 Å². The van der Waals surface area contributed by atoms with E-state index < -0.39 is 0 Å². The number of hydrogen-bond donors (Lipinski definition) is 3. The summed E-state index contributed by atoms with van der Waals surface area (Å²) in [4.78, 5) is 16.9.